The zero-order valence-corrected chi connectivity index (χ0v) is 11.5. The molecule has 0 saturated carbocycles. The number of thiophene rings is 1. The van der Waals surface area contributed by atoms with E-state index in [0.717, 1.165) is 19.7 Å². The number of likely N-dealkylation sites (N-methyl/N-ethyl adjacent to an activating group) is 1. The first-order chi connectivity index (χ1) is 8.27. The van der Waals surface area contributed by atoms with Gasteiger partial charge in [0, 0.05) is 24.6 Å². The summed E-state index contributed by atoms with van der Waals surface area (Å²) in [5, 5.41) is 5.68. The van der Waals surface area contributed by atoms with Crippen molar-refractivity contribution in [3.05, 3.63) is 22.4 Å². The summed E-state index contributed by atoms with van der Waals surface area (Å²) >= 11 is 1.83. The van der Waals surface area contributed by atoms with Gasteiger partial charge in [-0.3, -0.25) is 0 Å². The van der Waals surface area contributed by atoms with Gasteiger partial charge in [-0.1, -0.05) is 6.07 Å². The Morgan fingerprint density at radius 1 is 1.59 bits per heavy atom. The Bertz CT molecular complexity index is 307. The van der Waals surface area contributed by atoms with E-state index in [1.54, 1.807) is 0 Å². The fourth-order valence-electron chi connectivity index (χ4n) is 2.20. The first-order valence-electron chi connectivity index (χ1n) is 6.29. The third-order valence-electron chi connectivity index (χ3n) is 3.23. The van der Waals surface area contributed by atoms with Crippen molar-refractivity contribution in [1.82, 2.24) is 10.2 Å². The summed E-state index contributed by atoms with van der Waals surface area (Å²) in [5.41, 5.74) is 0. The molecular weight excluding hydrogens is 232 g/mol. The molecule has 1 fully saturated rings. The molecule has 1 aliphatic heterocycles. The fourth-order valence-corrected chi connectivity index (χ4v) is 3.13. The molecule has 0 aliphatic carbocycles. The van der Waals surface area contributed by atoms with Crippen molar-refractivity contribution in [2.45, 2.75) is 25.0 Å². The van der Waals surface area contributed by atoms with Crippen LogP contribution < -0.4 is 5.32 Å². The number of ether oxygens (including phenoxy) is 1. The number of hydrogen-bond donors (Lipinski definition) is 1. The lowest BCUT2D eigenvalue weighted by Gasteiger charge is -2.24. The fraction of sp³-hybridized carbons (Fsp3) is 0.692. The van der Waals surface area contributed by atoms with E-state index in [9.17, 15) is 0 Å². The minimum absolute atomic E-state index is 0.432. The molecule has 2 unspecified atom stereocenters. The third kappa shape index (κ3) is 3.78. The normalized spacial score (nSPS) is 22.2. The van der Waals surface area contributed by atoms with Gasteiger partial charge in [0.1, 0.15) is 0 Å². The van der Waals surface area contributed by atoms with Crippen LogP contribution in [0.15, 0.2) is 17.5 Å². The Morgan fingerprint density at radius 3 is 3.06 bits per heavy atom. The van der Waals surface area contributed by atoms with E-state index in [1.165, 1.54) is 17.7 Å². The summed E-state index contributed by atoms with van der Waals surface area (Å²) in [6.07, 6.45) is 2.86. The highest BCUT2D eigenvalue weighted by Gasteiger charge is 2.18. The average Bonchev–Trinajstić information content (AvgIpc) is 2.96. The lowest BCUT2D eigenvalue weighted by molar-refractivity contribution is 0.108. The van der Waals surface area contributed by atoms with Gasteiger partial charge in [-0.05, 0) is 38.4 Å². The molecule has 0 aromatic carbocycles. The van der Waals surface area contributed by atoms with Gasteiger partial charge >= 0.3 is 0 Å². The van der Waals surface area contributed by atoms with Crippen molar-refractivity contribution >= 4 is 11.3 Å². The predicted molar refractivity (Wildman–Crippen MR) is 72.6 cm³/mol. The molecule has 0 radical (unpaired) electrons. The number of hydrogen-bond acceptors (Lipinski definition) is 4. The van der Waals surface area contributed by atoms with E-state index in [1.807, 2.05) is 11.3 Å². The van der Waals surface area contributed by atoms with Crippen LogP contribution in [0.1, 0.15) is 23.8 Å². The van der Waals surface area contributed by atoms with Gasteiger partial charge in [-0.25, -0.2) is 0 Å². The molecule has 2 heterocycles. The topological polar surface area (TPSA) is 24.5 Å². The van der Waals surface area contributed by atoms with E-state index in [-0.39, 0.29) is 0 Å². The first kappa shape index (κ1) is 13.0. The Hall–Kier alpha value is -0.420. The van der Waals surface area contributed by atoms with Crippen molar-refractivity contribution in [2.75, 3.05) is 33.8 Å². The summed E-state index contributed by atoms with van der Waals surface area (Å²) in [5.74, 6) is 0. The molecule has 3 nitrogen and oxygen atoms in total. The van der Waals surface area contributed by atoms with Crippen LogP contribution in [0.3, 0.4) is 0 Å². The van der Waals surface area contributed by atoms with Gasteiger partial charge in [0.05, 0.1) is 12.1 Å². The van der Waals surface area contributed by atoms with Gasteiger partial charge in [-0.15, -0.1) is 11.3 Å². The molecule has 0 amide bonds. The van der Waals surface area contributed by atoms with Crippen LogP contribution in [0.2, 0.25) is 0 Å². The summed E-state index contributed by atoms with van der Waals surface area (Å²) < 4.78 is 5.61. The average molecular weight is 254 g/mol. The minimum Gasteiger partial charge on any atom is -0.377 e. The molecule has 17 heavy (non-hydrogen) atoms. The maximum absolute atomic E-state index is 5.61. The molecule has 2 rings (SSSR count). The van der Waals surface area contributed by atoms with Crippen molar-refractivity contribution in [2.24, 2.45) is 0 Å². The number of nitrogens with one attached hydrogen (secondary N) is 1. The van der Waals surface area contributed by atoms with E-state index in [2.05, 4.69) is 41.8 Å². The van der Waals surface area contributed by atoms with Gasteiger partial charge in [-0.2, -0.15) is 0 Å². The highest BCUT2D eigenvalue weighted by atomic mass is 32.1. The Balaban J connectivity index is 1.78. The summed E-state index contributed by atoms with van der Waals surface area (Å²) in [7, 11) is 4.27. The molecule has 1 N–H and O–H groups in total. The summed E-state index contributed by atoms with van der Waals surface area (Å²) in [6.45, 7) is 2.91. The molecule has 2 atom stereocenters. The van der Waals surface area contributed by atoms with Crippen LogP contribution in [0.4, 0.5) is 0 Å². The quantitative estimate of drug-likeness (QED) is 0.841. The molecule has 1 saturated heterocycles. The molecule has 4 heteroatoms. The van der Waals surface area contributed by atoms with Gasteiger partial charge < -0.3 is 15.0 Å². The van der Waals surface area contributed by atoms with Crippen LogP contribution in [0.25, 0.3) is 0 Å². The molecule has 96 valence electrons. The second-order valence-corrected chi connectivity index (χ2v) is 5.77. The van der Waals surface area contributed by atoms with Crippen molar-refractivity contribution in [1.29, 1.82) is 0 Å². The highest BCUT2D eigenvalue weighted by Crippen LogP contribution is 2.22. The minimum atomic E-state index is 0.432. The maximum atomic E-state index is 5.61. The number of nitrogens with zero attached hydrogens (tertiary/aromatic N) is 1. The summed E-state index contributed by atoms with van der Waals surface area (Å²) in [6, 6.07) is 4.80. The van der Waals surface area contributed by atoms with Gasteiger partial charge in [0.2, 0.25) is 0 Å². The van der Waals surface area contributed by atoms with Crippen LogP contribution >= 0.6 is 11.3 Å². The van der Waals surface area contributed by atoms with E-state index < -0.39 is 0 Å². The lowest BCUT2D eigenvalue weighted by atomic mass is 10.2. The van der Waals surface area contributed by atoms with E-state index >= 15 is 0 Å². The Kier molecular flexibility index (Phi) is 4.98. The second kappa shape index (κ2) is 6.50. The largest absolute Gasteiger partial charge is 0.377 e. The van der Waals surface area contributed by atoms with Crippen molar-refractivity contribution < 1.29 is 4.74 Å². The smallest absolute Gasteiger partial charge is 0.0700 e. The molecule has 0 spiro atoms. The lowest BCUT2D eigenvalue weighted by Crippen LogP contribution is -2.34. The van der Waals surface area contributed by atoms with E-state index in [4.69, 9.17) is 4.74 Å². The van der Waals surface area contributed by atoms with Crippen LogP contribution in [-0.2, 0) is 4.74 Å². The summed E-state index contributed by atoms with van der Waals surface area (Å²) in [4.78, 5) is 3.70. The monoisotopic (exact) mass is 254 g/mol. The SMILES string of the molecule is CN(C)C(CNCC1CCCO1)c1cccs1. The molecular formula is C13H22N2OS. The molecule has 0 bridgehead atoms. The second-order valence-electron chi connectivity index (χ2n) is 4.79. The predicted octanol–water partition coefficient (Wildman–Crippen LogP) is 2.12. The highest BCUT2D eigenvalue weighted by molar-refractivity contribution is 7.10. The molecule has 1 aromatic heterocycles. The molecule has 1 aliphatic rings. The molecule has 1 aromatic rings. The zero-order chi connectivity index (χ0) is 12.1. The van der Waals surface area contributed by atoms with Crippen LogP contribution in [0, 0.1) is 0 Å². The Labute approximate surface area is 108 Å². The standard InChI is InChI=1S/C13H22N2OS/c1-15(2)12(13-6-4-8-17-13)10-14-9-11-5-3-7-16-11/h4,6,8,11-12,14H,3,5,7,9-10H2,1-2H3. The first-order valence-corrected chi connectivity index (χ1v) is 7.17. The van der Waals surface area contributed by atoms with Crippen LogP contribution in [0.5, 0.6) is 0 Å². The zero-order valence-electron chi connectivity index (χ0n) is 10.7. The van der Waals surface area contributed by atoms with Crippen molar-refractivity contribution in [3.8, 4) is 0 Å². The van der Waals surface area contributed by atoms with Gasteiger partial charge in [0.25, 0.3) is 0 Å². The third-order valence-corrected chi connectivity index (χ3v) is 4.20. The van der Waals surface area contributed by atoms with Crippen molar-refractivity contribution in [3.63, 3.8) is 0 Å². The van der Waals surface area contributed by atoms with E-state index in [0.29, 0.717) is 12.1 Å². The van der Waals surface area contributed by atoms with Gasteiger partial charge in [0.15, 0.2) is 0 Å². The Morgan fingerprint density at radius 2 is 2.47 bits per heavy atom. The van der Waals surface area contributed by atoms with Crippen LogP contribution in [-0.4, -0.2) is 44.8 Å². The maximum Gasteiger partial charge on any atom is 0.0700 e. The number of rotatable bonds is 6.